The number of nitrogens with zero attached hydrogens (tertiary/aromatic N) is 4. The zero-order valence-electron chi connectivity index (χ0n) is 20.7. The van der Waals surface area contributed by atoms with Gasteiger partial charge in [-0.1, -0.05) is 11.2 Å². The molecule has 0 unspecified atom stereocenters. The number of piperidine rings is 1. The Bertz CT molecular complexity index is 1380. The number of aryl methyl sites for hydroxylation is 1. The molecule has 0 amide bonds. The van der Waals surface area contributed by atoms with E-state index < -0.39 is 23.6 Å². The number of aliphatic hydroxyl groups is 1. The fourth-order valence-electron chi connectivity index (χ4n) is 4.68. The van der Waals surface area contributed by atoms with Crippen LogP contribution >= 0.6 is 0 Å². The van der Waals surface area contributed by atoms with Crippen molar-refractivity contribution in [1.82, 2.24) is 14.5 Å². The molecule has 1 N–H and O–H groups in total. The largest absolute Gasteiger partial charge is 0.495 e. The number of aromatic nitrogens is 2. The number of carbonyl (C=O) groups is 1. The molecule has 2 aliphatic heterocycles. The summed E-state index contributed by atoms with van der Waals surface area (Å²) in [5, 5.41) is 15.1. The molecule has 3 aromatic rings. The van der Waals surface area contributed by atoms with Crippen LogP contribution in [0.5, 0.6) is 5.75 Å². The average molecular weight is 507 g/mol. The summed E-state index contributed by atoms with van der Waals surface area (Å²) in [5.74, 6) is -0.118. The number of ether oxygens (including phenoxy) is 2. The van der Waals surface area contributed by atoms with Crippen molar-refractivity contribution in [2.45, 2.75) is 32.1 Å². The molecule has 0 aliphatic carbocycles. The SMILES string of the molecule is CCOC(=O)[C@@]1(c2ccc(F)cc2)ON=C2/C(=C/c3ccc(-n4cnc(C)c4)c(OC)c3)C[C@@H](O)CN21. The molecule has 0 bridgehead atoms. The number of fused-ring (bicyclic) bond motifs is 1. The second-order valence-corrected chi connectivity index (χ2v) is 8.87. The molecule has 2 aliphatic rings. The van der Waals surface area contributed by atoms with Gasteiger partial charge < -0.3 is 24.0 Å². The van der Waals surface area contributed by atoms with Crippen molar-refractivity contribution in [1.29, 1.82) is 0 Å². The number of aliphatic hydroxyl groups excluding tert-OH is 1. The van der Waals surface area contributed by atoms with Crippen molar-refractivity contribution >= 4 is 17.9 Å². The third-order valence-electron chi connectivity index (χ3n) is 6.36. The Morgan fingerprint density at radius 1 is 1.30 bits per heavy atom. The summed E-state index contributed by atoms with van der Waals surface area (Å²) >= 11 is 0. The first-order chi connectivity index (χ1) is 17.8. The molecule has 37 heavy (non-hydrogen) atoms. The Balaban J connectivity index is 1.54. The van der Waals surface area contributed by atoms with E-state index in [4.69, 9.17) is 14.3 Å². The molecule has 3 heterocycles. The summed E-state index contributed by atoms with van der Waals surface area (Å²) < 4.78 is 26.5. The lowest BCUT2D eigenvalue weighted by Gasteiger charge is -2.39. The van der Waals surface area contributed by atoms with E-state index in [1.165, 1.54) is 24.3 Å². The first kappa shape index (κ1) is 24.5. The number of hydrogen-bond donors (Lipinski definition) is 1. The highest BCUT2D eigenvalue weighted by Crippen LogP contribution is 2.42. The van der Waals surface area contributed by atoms with Crippen LogP contribution in [0.25, 0.3) is 11.8 Å². The van der Waals surface area contributed by atoms with Crippen LogP contribution in [0.15, 0.2) is 65.7 Å². The van der Waals surface area contributed by atoms with E-state index in [0.29, 0.717) is 29.1 Å². The number of rotatable bonds is 6. The van der Waals surface area contributed by atoms with Crippen LogP contribution in [0.2, 0.25) is 0 Å². The molecular weight excluding hydrogens is 479 g/mol. The number of methoxy groups -OCH3 is 1. The zero-order chi connectivity index (χ0) is 26.2. The van der Waals surface area contributed by atoms with Crippen LogP contribution < -0.4 is 4.74 Å². The molecule has 0 spiro atoms. The van der Waals surface area contributed by atoms with Gasteiger partial charge in [0.2, 0.25) is 0 Å². The zero-order valence-corrected chi connectivity index (χ0v) is 20.7. The molecule has 2 atom stereocenters. The van der Waals surface area contributed by atoms with Crippen LogP contribution in [0, 0.1) is 12.7 Å². The van der Waals surface area contributed by atoms with Crippen LogP contribution in [0.1, 0.15) is 30.2 Å². The van der Waals surface area contributed by atoms with Gasteiger partial charge in [0, 0.05) is 23.8 Å². The molecular formula is C27H27FN4O5. The van der Waals surface area contributed by atoms with Gasteiger partial charge in [0.15, 0.2) is 5.84 Å². The number of benzene rings is 2. The van der Waals surface area contributed by atoms with Gasteiger partial charge in [-0.2, -0.15) is 0 Å². The van der Waals surface area contributed by atoms with Gasteiger partial charge >= 0.3 is 11.7 Å². The van der Waals surface area contributed by atoms with E-state index >= 15 is 0 Å². The highest BCUT2D eigenvalue weighted by molar-refractivity contribution is 6.06. The molecule has 1 saturated heterocycles. The number of oxime groups is 1. The normalized spacial score (nSPS) is 21.9. The Labute approximate surface area is 213 Å². The van der Waals surface area contributed by atoms with Crippen LogP contribution in [-0.2, 0) is 20.1 Å². The Morgan fingerprint density at radius 2 is 2.08 bits per heavy atom. The van der Waals surface area contributed by atoms with E-state index in [1.54, 1.807) is 25.3 Å². The van der Waals surface area contributed by atoms with Crippen molar-refractivity contribution in [3.63, 3.8) is 0 Å². The standard InChI is InChI=1S/C27H27FN4O5/c1-4-36-26(34)27(20-6-8-21(28)9-7-20)32-15-22(33)13-19(25(32)30-37-27)11-18-5-10-23(24(12-18)35-3)31-14-17(2)29-16-31/h5-12,14,16,22,33H,4,13,15H2,1-3H3/b19-11+/t22-,27-/m1/s1. The second kappa shape index (κ2) is 9.70. The average Bonchev–Trinajstić information content (AvgIpc) is 3.49. The molecule has 2 aromatic carbocycles. The molecule has 1 fully saturated rings. The van der Waals surface area contributed by atoms with Crippen molar-refractivity contribution in [2.75, 3.05) is 20.3 Å². The Hall–Kier alpha value is -4.18. The number of hydrogen-bond acceptors (Lipinski definition) is 8. The van der Waals surface area contributed by atoms with E-state index in [1.807, 2.05) is 42.0 Å². The number of carbonyl (C=O) groups excluding carboxylic acids is 1. The van der Waals surface area contributed by atoms with Crippen molar-refractivity contribution < 1.29 is 28.6 Å². The second-order valence-electron chi connectivity index (χ2n) is 8.87. The Morgan fingerprint density at radius 3 is 2.76 bits per heavy atom. The van der Waals surface area contributed by atoms with Crippen LogP contribution in [-0.4, -0.2) is 57.7 Å². The molecule has 5 rings (SSSR count). The minimum absolute atomic E-state index is 0.0780. The van der Waals surface area contributed by atoms with Gasteiger partial charge in [0.05, 0.1) is 44.1 Å². The maximum atomic E-state index is 13.7. The van der Waals surface area contributed by atoms with Crippen LogP contribution in [0.4, 0.5) is 4.39 Å². The first-order valence-electron chi connectivity index (χ1n) is 11.9. The van der Waals surface area contributed by atoms with E-state index in [2.05, 4.69) is 10.1 Å². The fraction of sp³-hybridized carbons (Fsp3) is 0.296. The van der Waals surface area contributed by atoms with Gasteiger partial charge in [-0.15, -0.1) is 0 Å². The first-order valence-corrected chi connectivity index (χ1v) is 11.9. The quantitative estimate of drug-likeness (QED) is 0.511. The molecule has 9 nitrogen and oxygen atoms in total. The number of halogens is 1. The molecule has 192 valence electrons. The van der Waals surface area contributed by atoms with E-state index in [0.717, 1.165) is 16.9 Å². The summed E-state index contributed by atoms with van der Waals surface area (Å²) in [4.78, 5) is 24.9. The lowest BCUT2D eigenvalue weighted by Crippen LogP contribution is -2.57. The van der Waals surface area contributed by atoms with Crippen molar-refractivity contribution in [3.8, 4) is 11.4 Å². The van der Waals surface area contributed by atoms with Gasteiger partial charge in [-0.05, 0) is 61.9 Å². The molecule has 10 heteroatoms. The topological polar surface area (TPSA) is 98.4 Å². The molecule has 0 saturated carbocycles. The maximum Gasteiger partial charge on any atom is 0.380 e. The number of amidine groups is 1. The Kier molecular flexibility index (Phi) is 6.43. The lowest BCUT2D eigenvalue weighted by molar-refractivity contribution is -0.190. The predicted octanol–water partition coefficient (Wildman–Crippen LogP) is 3.54. The molecule has 0 radical (unpaired) electrons. The van der Waals surface area contributed by atoms with E-state index in [9.17, 15) is 14.3 Å². The van der Waals surface area contributed by atoms with Gasteiger partial charge in [-0.25, -0.2) is 14.2 Å². The highest BCUT2D eigenvalue weighted by atomic mass is 19.1. The smallest absolute Gasteiger partial charge is 0.380 e. The van der Waals surface area contributed by atoms with Crippen molar-refractivity contribution in [2.24, 2.45) is 5.16 Å². The minimum atomic E-state index is -1.78. The summed E-state index contributed by atoms with van der Waals surface area (Å²) in [6.07, 6.45) is 4.98. The summed E-state index contributed by atoms with van der Waals surface area (Å²) in [6, 6.07) is 11.1. The maximum absolute atomic E-state index is 13.7. The summed E-state index contributed by atoms with van der Waals surface area (Å²) in [6.45, 7) is 3.79. The predicted molar refractivity (Wildman–Crippen MR) is 133 cm³/mol. The van der Waals surface area contributed by atoms with Gasteiger partial charge in [0.25, 0.3) is 0 Å². The van der Waals surface area contributed by atoms with Gasteiger partial charge in [0.1, 0.15) is 11.6 Å². The number of imidazole rings is 1. The van der Waals surface area contributed by atoms with E-state index in [-0.39, 0.29) is 13.2 Å². The van der Waals surface area contributed by atoms with Crippen molar-refractivity contribution in [3.05, 3.63) is 83.2 Å². The lowest BCUT2D eigenvalue weighted by atomic mass is 9.93. The molecule has 1 aromatic heterocycles. The monoisotopic (exact) mass is 506 g/mol. The third kappa shape index (κ3) is 4.33. The van der Waals surface area contributed by atoms with Gasteiger partial charge in [-0.3, -0.25) is 4.90 Å². The minimum Gasteiger partial charge on any atom is -0.495 e. The summed E-state index contributed by atoms with van der Waals surface area (Å²) in [7, 11) is 1.59. The summed E-state index contributed by atoms with van der Waals surface area (Å²) in [5.41, 5.74) is 1.76. The number of esters is 1. The fourth-order valence-corrected chi connectivity index (χ4v) is 4.68. The highest BCUT2D eigenvalue weighted by Gasteiger charge is 2.58. The third-order valence-corrected chi connectivity index (χ3v) is 6.36. The van der Waals surface area contributed by atoms with Crippen LogP contribution in [0.3, 0.4) is 0 Å².